The van der Waals surface area contributed by atoms with Crippen LogP contribution < -0.4 is 9.62 Å². The number of hydrogen-bond donors (Lipinski definition) is 1. The summed E-state index contributed by atoms with van der Waals surface area (Å²) in [4.78, 5) is 20.6. The van der Waals surface area contributed by atoms with Crippen molar-refractivity contribution < 1.29 is 13.2 Å². The monoisotopic (exact) mass is 567 g/mol. The van der Waals surface area contributed by atoms with Crippen LogP contribution >= 0.6 is 0 Å². The van der Waals surface area contributed by atoms with E-state index in [0.29, 0.717) is 19.4 Å². The normalized spacial score (nSPS) is 15.6. The fourth-order valence-corrected chi connectivity index (χ4v) is 6.74. The predicted octanol–water partition coefficient (Wildman–Crippen LogP) is 6.78. The summed E-state index contributed by atoms with van der Waals surface area (Å²) in [5.41, 5.74) is 6.60. The maximum absolute atomic E-state index is 13.9. The largest absolute Gasteiger partial charge is 0.306 e. The Labute approximate surface area is 243 Å². The lowest BCUT2D eigenvalue weighted by atomic mass is 9.87. The van der Waals surface area contributed by atoms with Crippen molar-refractivity contribution in [1.82, 2.24) is 9.71 Å². The van der Waals surface area contributed by atoms with Crippen molar-refractivity contribution in [3.05, 3.63) is 125 Å². The second-order valence-electron chi connectivity index (χ2n) is 11.0. The van der Waals surface area contributed by atoms with Crippen molar-refractivity contribution >= 4 is 21.6 Å². The Morgan fingerprint density at radius 2 is 1.73 bits per heavy atom. The highest BCUT2D eigenvalue weighted by atomic mass is 32.2. The molecule has 212 valence electrons. The molecule has 41 heavy (non-hydrogen) atoms. The van der Waals surface area contributed by atoms with E-state index < -0.39 is 10.0 Å². The highest BCUT2D eigenvalue weighted by Crippen LogP contribution is 2.35. The highest BCUT2D eigenvalue weighted by molar-refractivity contribution is 7.89. The topological polar surface area (TPSA) is 79.4 Å². The molecular formula is C34H37N3O3S. The maximum Gasteiger partial charge on any atom is 0.241 e. The van der Waals surface area contributed by atoms with Crippen LogP contribution in [0.4, 0.5) is 5.69 Å². The van der Waals surface area contributed by atoms with Crippen LogP contribution in [0.5, 0.6) is 0 Å². The summed E-state index contributed by atoms with van der Waals surface area (Å²) < 4.78 is 29.5. The van der Waals surface area contributed by atoms with Gasteiger partial charge in [0, 0.05) is 23.8 Å². The molecule has 0 bridgehead atoms. The summed E-state index contributed by atoms with van der Waals surface area (Å²) in [6, 6.07) is 28.4. The van der Waals surface area contributed by atoms with Crippen LogP contribution in [-0.2, 0) is 27.8 Å². The summed E-state index contributed by atoms with van der Waals surface area (Å²) in [7, 11) is -3.71. The van der Waals surface area contributed by atoms with Crippen LogP contribution in [0.15, 0.2) is 95.9 Å². The molecule has 1 heterocycles. The molecule has 0 radical (unpaired) electrons. The molecule has 0 unspecified atom stereocenters. The molecule has 6 nitrogen and oxygen atoms in total. The zero-order valence-electron chi connectivity index (χ0n) is 23.9. The molecule has 1 amide bonds. The smallest absolute Gasteiger partial charge is 0.241 e. The van der Waals surface area contributed by atoms with E-state index >= 15 is 0 Å². The minimum absolute atomic E-state index is 0.00259. The number of aryl methyl sites for hydroxylation is 3. The second-order valence-corrected chi connectivity index (χ2v) is 12.7. The van der Waals surface area contributed by atoms with E-state index in [2.05, 4.69) is 16.6 Å². The fraction of sp³-hybridized carbons (Fsp3) is 0.294. The third kappa shape index (κ3) is 6.92. The van der Waals surface area contributed by atoms with Crippen LogP contribution in [0.1, 0.15) is 71.8 Å². The zero-order chi connectivity index (χ0) is 29.0. The van der Waals surface area contributed by atoms with Crippen molar-refractivity contribution in [1.29, 1.82) is 0 Å². The van der Waals surface area contributed by atoms with Crippen LogP contribution in [0.3, 0.4) is 0 Å². The van der Waals surface area contributed by atoms with E-state index in [1.165, 1.54) is 0 Å². The summed E-state index contributed by atoms with van der Waals surface area (Å²) in [5.74, 6) is 0.0422. The zero-order valence-corrected chi connectivity index (χ0v) is 24.7. The first-order valence-electron chi connectivity index (χ1n) is 14.2. The number of hydrogen-bond acceptors (Lipinski definition) is 4. The number of nitrogens with zero attached hydrogens (tertiary/aromatic N) is 2. The summed E-state index contributed by atoms with van der Waals surface area (Å²) in [5, 5.41) is 0. The number of nitrogens with one attached hydrogen (secondary N) is 1. The van der Waals surface area contributed by atoms with Gasteiger partial charge in [-0.15, -0.1) is 0 Å². The molecule has 0 saturated heterocycles. The number of sulfonamides is 1. The molecule has 4 aromatic rings. The first-order valence-corrected chi connectivity index (χ1v) is 15.7. The van der Waals surface area contributed by atoms with Crippen LogP contribution in [0.2, 0.25) is 0 Å². The third-order valence-electron chi connectivity index (χ3n) is 7.80. The van der Waals surface area contributed by atoms with Crippen molar-refractivity contribution in [3.63, 3.8) is 0 Å². The van der Waals surface area contributed by atoms with E-state index in [9.17, 15) is 13.2 Å². The molecular weight excluding hydrogens is 530 g/mol. The van der Waals surface area contributed by atoms with Crippen LogP contribution in [-0.4, -0.2) is 19.3 Å². The first kappa shape index (κ1) is 28.7. The van der Waals surface area contributed by atoms with Gasteiger partial charge in [-0.05, 0) is 92.1 Å². The standard InChI is InChI=1S/C34H37N3O3S/c1-24-15-19-31(20-16-24)41(39,40)36-33-14-8-12-28-17-18-30(22-32(28)33)37(23-29-13-7-9-26(3)35-29)34(38)21-25(2)27-10-5-4-6-11-27/h4-7,9-11,13,15-20,22,25,33,36H,8,12,14,21,23H2,1-3H3/t25-,33+/m0/s1. The molecule has 1 N–H and O–H groups in total. The van der Waals surface area contributed by atoms with Crippen molar-refractivity contribution in [3.8, 4) is 0 Å². The predicted molar refractivity (Wildman–Crippen MR) is 163 cm³/mol. The quantitative estimate of drug-likeness (QED) is 0.242. The molecule has 0 fully saturated rings. The van der Waals surface area contributed by atoms with Gasteiger partial charge in [-0.3, -0.25) is 9.78 Å². The molecule has 1 aliphatic carbocycles. The van der Waals surface area contributed by atoms with Gasteiger partial charge < -0.3 is 4.90 Å². The van der Waals surface area contributed by atoms with Gasteiger partial charge in [-0.2, -0.15) is 0 Å². The van der Waals surface area contributed by atoms with Gasteiger partial charge in [0.15, 0.2) is 0 Å². The Balaban J connectivity index is 1.46. The van der Waals surface area contributed by atoms with E-state index in [0.717, 1.165) is 52.2 Å². The minimum atomic E-state index is -3.71. The van der Waals surface area contributed by atoms with Gasteiger partial charge in [0.05, 0.1) is 17.1 Å². The van der Waals surface area contributed by atoms with Crippen molar-refractivity contribution in [2.45, 2.75) is 69.9 Å². The number of pyridine rings is 1. The number of carbonyl (C=O) groups excluding carboxylic acids is 1. The molecule has 0 saturated carbocycles. The van der Waals surface area contributed by atoms with Gasteiger partial charge in [0.2, 0.25) is 15.9 Å². The fourth-order valence-electron chi connectivity index (χ4n) is 5.49. The Morgan fingerprint density at radius 3 is 2.46 bits per heavy atom. The number of amides is 1. The van der Waals surface area contributed by atoms with E-state index in [1.807, 2.05) is 80.6 Å². The van der Waals surface area contributed by atoms with Gasteiger partial charge in [0.25, 0.3) is 0 Å². The van der Waals surface area contributed by atoms with E-state index in [-0.39, 0.29) is 22.8 Å². The Morgan fingerprint density at radius 1 is 0.976 bits per heavy atom. The summed E-state index contributed by atoms with van der Waals surface area (Å²) in [6.07, 6.45) is 2.80. The molecule has 5 rings (SSSR count). The van der Waals surface area contributed by atoms with Gasteiger partial charge in [-0.25, -0.2) is 13.1 Å². The number of anilines is 1. The molecule has 7 heteroatoms. The first-order chi connectivity index (χ1) is 19.7. The maximum atomic E-state index is 13.9. The number of rotatable bonds is 9. The molecule has 0 aliphatic heterocycles. The Bertz CT molecular complexity index is 1620. The van der Waals surface area contributed by atoms with Crippen molar-refractivity contribution in [2.24, 2.45) is 0 Å². The lowest BCUT2D eigenvalue weighted by molar-refractivity contribution is -0.119. The third-order valence-corrected chi connectivity index (χ3v) is 9.29. The van der Waals surface area contributed by atoms with Crippen molar-refractivity contribution in [2.75, 3.05) is 4.90 Å². The second kappa shape index (κ2) is 12.4. The molecule has 0 spiro atoms. The van der Waals surface area contributed by atoms with Crippen LogP contribution in [0.25, 0.3) is 0 Å². The molecule has 1 aromatic heterocycles. The average Bonchev–Trinajstić information content (AvgIpc) is 2.96. The number of carbonyl (C=O) groups is 1. The van der Waals surface area contributed by atoms with E-state index in [4.69, 9.17) is 0 Å². The molecule has 3 aromatic carbocycles. The number of aromatic nitrogens is 1. The number of fused-ring (bicyclic) bond motifs is 1. The molecule has 2 atom stereocenters. The van der Waals surface area contributed by atoms with E-state index in [1.54, 1.807) is 29.2 Å². The average molecular weight is 568 g/mol. The Hall–Kier alpha value is -3.81. The number of benzene rings is 3. The lowest BCUT2D eigenvalue weighted by Crippen LogP contribution is -2.33. The van der Waals surface area contributed by atoms with Gasteiger partial charge in [0.1, 0.15) is 0 Å². The Kier molecular flexibility index (Phi) is 8.66. The highest BCUT2D eigenvalue weighted by Gasteiger charge is 2.28. The minimum Gasteiger partial charge on any atom is -0.306 e. The van der Waals surface area contributed by atoms with Gasteiger partial charge in [-0.1, -0.05) is 67.1 Å². The molecule has 1 aliphatic rings. The van der Waals surface area contributed by atoms with Gasteiger partial charge >= 0.3 is 0 Å². The summed E-state index contributed by atoms with van der Waals surface area (Å²) in [6.45, 7) is 6.28. The SMILES string of the molecule is Cc1ccc(S(=O)(=O)N[C@@H]2CCCc3ccc(N(Cc4cccc(C)n4)C(=O)C[C@H](C)c4ccccc4)cc32)cc1. The summed E-state index contributed by atoms with van der Waals surface area (Å²) >= 11 is 0. The van der Waals surface area contributed by atoms with Crippen LogP contribution in [0, 0.1) is 13.8 Å². The lowest BCUT2D eigenvalue weighted by Gasteiger charge is -2.30.